The molecule has 2 aromatic rings. The Morgan fingerprint density at radius 3 is 3.00 bits per heavy atom. The molecule has 2 aromatic heterocycles. The second-order valence-electron chi connectivity index (χ2n) is 8.24. The van der Waals surface area contributed by atoms with Crippen molar-refractivity contribution in [2.24, 2.45) is 0 Å². The van der Waals surface area contributed by atoms with E-state index in [1.807, 2.05) is 18.7 Å². The summed E-state index contributed by atoms with van der Waals surface area (Å²) in [4.78, 5) is 41.1. The molecule has 5 rings (SSSR count). The Hall–Kier alpha value is -2.78. The van der Waals surface area contributed by atoms with Gasteiger partial charge in [0, 0.05) is 37.8 Å². The fourth-order valence-corrected chi connectivity index (χ4v) is 4.71. The van der Waals surface area contributed by atoms with Crippen molar-refractivity contribution >= 4 is 23.0 Å². The fourth-order valence-electron chi connectivity index (χ4n) is 4.71. The number of piperazine rings is 1. The van der Waals surface area contributed by atoms with Crippen LogP contribution in [0.3, 0.4) is 0 Å². The van der Waals surface area contributed by atoms with Crippen LogP contribution in [0.4, 0.5) is 0 Å². The number of nitrogens with zero attached hydrogens (tertiary/aromatic N) is 4. The number of nitrogens with one attached hydrogen (secondary N) is 2. The van der Waals surface area contributed by atoms with E-state index in [1.165, 1.54) is 6.08 Å². The van der Waals surface area contributed by atoms with Crippen molar-refractivity contribution in [2.45, 2.75) is 44.1 Å². The molecule has 3 fully saturated rings. The van der Waals surface area contributed by atoms with Crippen molar-refractivity contribution in [3.05, 3.63) is 36.3 Å². The number of hydrogen-bond donors (Lipinski definition) is 2. The molecule has 3 saturated heterocycles. The Labute approximate surface area is 168 Å². The van der Waals surface area contributed by atoms with Gasteiger partial charge in [-0.1, -0.05) is 6.58 Å². The number of ether oxygens (including phenoxy) is 1. The lowest BCUT2D eigenvalue weighted by atomic mass is 9.80. The van der Waals surface area contributed by atoms with Crippen LogP contribution in [0, 0.1) is 0 Å². The zero-order valence-electron chi connectivity index (χ0n) is 16.5. The first-order chi connectivity index (χ1) is 13.9. The average molecular weight is 396 g/mol. The highest BCUT2D eigenvalue weighted by Gasteiger charge is 2.61. The SMILES string of the molecule is C=CC(=O)N1CC2CC3(c4cnc5[nH]cc(C(=O)NC(C)C)c5n4)OCC1CN23. The van der Waals surface area contributed by atoms with Gasteiger partial charge in [-0.3, -0.25) is 14.5 Å². The number of carbonyl (C=O) groups is 2. The zero-order chi connectivity index (χ0) is 20.3. The Bertz CT molecular complexity index is 1010. The van der Waals surface area contributed by atoms with Gasteiger partial charge < -0.3 is 19.9 Å². The van der Waals surface area contributed by atoms with Crippen LogP contribution < -0.4 is 5.32 Å². The van der Waals surface area contributed by atoms with Crippen LogP contribution in [-0.4, -0.2) is 74.4 Å². The number of amides is 2. The predicted octanol–water partition coefficient (Wildman–Crippen LogP) is 0.750. The van der Waals surface area contributed by atoms with E-state index >= 15 is 0 Å². The molecule has 3 aliphatic heterocycles. The molecule has 0 aliphatic carbocycles. The van der Waals surface area contributed by atoms with Crippen LogP contribution in [0.15, 0.2) is 25.0 Å². The van der Waals surface area contributed by atoms with Crippen LogP contribution in [-0.2, 0) is 15.3 Å². The van der Waals surface area contributed by atoms with E-state index in [4.69, 9.17) is 9.72 Å². The van der Waals surface area contributed by atoms with Crippen LogP contribution in [0.25, 0.3) is 11.2 Å². The Morgan fingerprint density at radius 1 is 1.41 bits per heavy atom. The Morgan fingerprint density at radius 2 is 2.24 bits per heavy atom. The maximum atomic E-state index is 12.5. The molecule has 0 spiro atoms. The van der Waals surface area contributed by atoms with Gasteiger partial charge in [-0.05, 0) is 19.9 Å². The Balaban J connectivity index is 1.46. The van der Waals surface area contributed by atoms with Crippen molar-refractivity contribution < 1.29 is 14.3 Å². The van der Waals surface area contributed by atoms with Crippen molar-refractivity contribution in [2.75, 3.05) is 19.7 Å². The summed E-state index contributed by atoms with van der Waals surface area (Å²) < 4.78 is 6.28. The molecule has 152 valence electrons. The lowest BCUT2D eigenvalue weighted by Crippen LogP contribution is -2.78. The average Bonchev–Trinajstić information content (AvgIpc) is 3.09. The normalized spacial score (nSPS) is 28.3. The maximum Gasteiger partial charge on any atom is 0.255 e. The van der Waals surface area contributed by atoms with E-state index in [9.17, 15) is 9.59 Å². The summed E-state index contributed by atoms with van der Waals surface area (Å²) in [7, 11) is 0. The number of hydrogen-bond acceptors (Lipinski definition) is 6. The number of carbonyl (C=O) groups excluding carboxylic acids is 2. The molecule has 3 aliphatic rings. The number of aromatic nitrogens is 3. The molecule has 3 atom stereocenters. The van der Waals surface area contributed by atoms with Gasteiger partial charge in [0.05, 0.1) is 24.4 Å². The molecule has 9 heteroatoms. The highest BCUT2D eigenvalue weighted by molar-refractivity contribution is 6.04. The first kappa shape index (κ1) is 18.3. The first-order valence-corrected chi connectivity index (χ1v) is 9.92. The topological polar surface area (TPSA) is 103 Å². The lowest BCUT2D eigenvalue weighted by molar-refractivity contribution is -0.317. The summed E-state index contributed by atoms with van der Waals surface area (Å²) in [6.07, 6.45) is 5.47. The first-order valence-electron chi connectivity index (χ1n) is 9.92. The smallest absolute Gasteiger partial charge is 0.255 e. The lowest BCUT2D eigenvalue weighted by Gasteiger charge is -2.65. The number of aromatic amines is 1. The predicted molar refractivity (Wildman–Crippen MR) is 105 cm³/mol. The molecule has 0 saturated carbocycles. The van der Waals surface area contributed by atoms with Gasteiger partial charge >= 0.3 is 0 Å². The van der Waals surface area contributed by atoms with Crippen molar-refractivity contribution in [3.63, 3.8) is 0 Å². The fraction of sp³-hybridized carbons (Fsp3) is 0.500. The summed E-state index contributed by atoms with van der Waals surface area (Å²) >= 11 is 0. The van der Waals surface area contributed by atoms with Gasteiger partial charge in [0.25, 0.3) is 5.91 Å². The summed E-state index contributed by atoms with van der Waals surface area (Å²) in [5.74, 6) is -0.227. The Kier molecular flexibility index (Phi) is 4.01. The van der Waals surface area contributed by atoms with E-state index in [2.05, 4.69) is 26.8 Å². The van der Waals surface area contributed by atoms with Gasteiger partial charge in [-0.25, -0.2) is 9.97 Å². The molecule has 2 bridgehead atoms. The standard InChI is InChI=1S/C20H24N6O3/c1-4-16(27)25-8-12-5-20(26(12)9-13(25)10-29-20)15-7-22-18-17(24-15)14(6-21-18)19(28)23-11(2)3/h4,6-7,11-13H,1,5,8-10H2,2-3H3,(H,21,22)(H,23,28). The number of fused-ring (bicyclic) bond motifs is 2. The van der Waals surface area contributed by atoms with Crippen molar-refractivity contribution in [3.8, 4) is 0 Å². The molecule has 0 radical (unpaired) electrons. The third kappa shape index (κ3) is 2.61. The number of rotatable bonds is 4. The van der Waals surface area contributed by atoms with Crippen LogP contribution in [0.1, 0.15) is 36.3 Å². The van der Waals surface area contributed by atoms with Gasteiger partial charge in [0.1, 0.15) is 11.2 Å². The van der Waals surface area contributed by atoms with Crippen LogP contribution in [0.5, 0.6) is 0 Å². The quantitative estimate of drug-likeness (QED) is 0.740. The summed E-state index contributed by atoms with van der Waals surface area (Å²) in [6, 6.07) is 0.271. The summed E-state index contributed by atoms with van der Waals surface area (Å²) in [5, 5.41) is 2.90. The van der Waals surface area contributed by atoms with E-state index in [0.717, 1.165) is 13.0 Å². The van der Waals surface area contributed by atoms with E-state index < -0.39 is 5.72 Å². The van der Waals surface area contributed by atoms with Gasteiger partial charge in [0.2, 0.25) is 5.91 Å². The molecule has 2 amide bonds. The zero-order valence-corrected chi connectivity index (χ0v) is 16.5. The van der Waals surface area contributed by atoms with Crippen molar-refractivity contribution in [1.29, 1.82) is 0 Å². The summed E-state index contributed by atoms with van der Waals surface area (Å²) in [6.45, 7) is 9.28. The molecule has 9 nitrogen and oxygen atoms in total. The van der Waals surface area contributed by atoms with E-state index in [1.54, 1.807) is 12.4 Å². The van der Waals surface area contributed by atoms with Gasteiger partial charge in [-0.15, -0.1) is 0 Å². The number of H-pyrrole nitrogens is 1. The minimum atomic E-state index is -0.630. The minimum absolute atomic E-state index is 0.0153. The van der Waals surface area contributed by atoms with Gasteiger partial charge in [-0.2, -0.15) is 0 Å². The molecule has 5 heterocycles. The van der Waals surface area contributed by atoms with E-state index in [0.29, 0.717) is 35.6 Å². The monoisotopic (exact) mass is 396 g/mol. The van der Waals surface area contributed by atoms with E-state index in [-0.39, 0.29) is 29.9 Å². The minimum Gasteiger partial charge on any atom is -0.352 e. The summed E-state index contributed by atoms with van der Waals surface area (Å²) in [5.41, 5.74) is 1.68. The highest BCUT2D eigenvalue weighted by Crippen LogP contribution is 2.50. The molecular weight excluding hydrogens is 372 g/mol. The van der Waals surface area contributed by atoms with Crippen molar-refractivity contribution in [1.82, 2.24) is 30.1 Å². The molecule has 29 heavy (non-hydrogen) atoms. The maximum absolute atomic E-state index is 12.5. The van der Waals surface area contributed by atoms with Crippen LogP contribution in [0.2, 0.25) is 0 Å². The second kappa shape index (κ2) is 6.36. The molecule has 3 unspecified atom stereocenters. The third-order valence-corrected chi connectivity index (χ3v) is 6.09. The third-order valence-electron chi connectivity index (χ3n) is 6.09. The highest BCUT2D eigenvalue weighted by atomic mass is 16.5. The van der Waals surface area contributed by atoms with Gasteiger partial charge in [0.15, 0.2) is 11.4 Å². The molecule has 0 aromatic carbocycles. The molecular formula is C20H24N6O3. The molecule has 2 N–H and O–H groups in total. The van der Waals surface area contributed by atoms with Crippen LogP contribution >= 0.6 is 0 Å². The second-order valence-corrected chi connectivity index (χ2v) is 8.24. The largest absolute Gasteiger partial charge is 0.352 e.